The number of amides is 2. The summed E-state index contributed by atoms with van der Waals surface area (Å²) >= 11 is 0. The fourth-order valence-electron chi connectivity index (χ4n) is 4.14. The van der Waals surface area contributed by atoms with Gasteiger partial charge in [0.25, 0.3) is 11.8 Å². The Balaban J connectivity index is 1.51. The molecular weight excluding hydrogens is 431 g/mol. The minimum Gasteiger partial charge on any atom is -0.339 e. The van der Waals surface area contributed by atoms with E-state index in [0.717, 1.165) is 31.5 Å². The quantitative estimate of drug-likeness (QED) is 0.522. The predicted molar refractivity (Wildman–Crippen MR) is 130 cm³/mol. The second-order valence-electron chi connectivity index (χ2n) is 8.66. The molecule has 1 atom stereocenters. The number of pyridine rings is 1. The molecule has 7 heteroatoms. The van der Waals surface area contributed by atoms with Gasteiger partial charge in [0.15, 0.2) is 0 Å². The maximum absolute atomic E-state index is 14.0. The summed E-state index contributed by atoms with van der Waals surface area (Å²) in [6.45, 7) is 3.96. The van der Waals surface area contributed by atoms with Crippen LogP contribution in [0.2, 0.25) is 0 Å². The van der Waals surface area contributed by atoms with E-state index in [1.165, 1.54) is 6.07 Å². The fourth-order valence-corrected chi connectivity index (χ4v) is 4.14. The molecule has 2 amide bonds. The van der Waals surface area contributed by atoms with Gasteiger partial charge in [-0.2, -0.15) is 0 Å². The molecule has 2 N–H and O–H groups in total. The molecule has 1 fully saturated rings. The molecule has 1 aliphatic rings. The lowest BCUT2D eigenvalue weighted by molar-refractivity contribution is 0.0792. The van der Waals surface area contributed by atoms with E-state index < -0.39 is 0 Å². The third-order valence-corrected chi connectivity index (χ3v) is 5.93. The number of nitrogens with zero attached hydrogens (tertiary/aromatic N) is 2. The summed E-state index contributed by atoms with van der Waals surface area (Å²) in [6, 6.07) is 17.3. The molecule has 2 aromatic carbocycles. The summed E-state index contributed by atoms with van der Waals surface area (Å²) in [5.74, 6) is -0.584. The van der Waals surface area contributed by atoms with E-state index in [4.69, 9.17) is 0 Å². The van der Waals surface area contributed by atoms with Crippen molar-refractivity contribution in [1.82, 2.24) is 15.2 Å². The minimum absolute atomic E-state index is 0.0152. The van der Waals surface area contributed by atoms with Crippen molar-refractivity contribution in [2.75, 3.05) is 18.4 Å². The fraction of sp³-hybridized carbons (Fsp3) is 0.296. The lowest BCUT2D eigenvalue weighted by Gasteiger charge is -2.18. The normalized spacial score (nSPS) is 14.1. The lowest BCUT2D eigenvalue weighted by Crippen LogP contribution is -2.29. The van der Waals surface area contributed by atoms with E-state index >= 15 is 0 Å². The van der Waals surface area contributed by atoms with Gasteiger partial charge in [0, 0.05) is 43.1 Å². The Bertz CT molecular complexity index is 1150. The van der Waals surface area contributed by atoms with Crippen molar-refractivity contribution < 1.29 is 14.0 Å². The van der Waals surface area contributed by atoms with Gasteiger partial charge < -0.3 is 15.5 Å². The van der Waals surface area contributed by atoms with E-state index in [-0.39, 0.29) is 23.7 Å². The van der Waals surface area contributed by atoms with Crippen molar-refractivity contribution in [2.45, 2.75) is 38.8 Å². The van der Waals surface area contributed by atoms with Gasteiger partial charge in [0.05, 0.1) is 0 Å². The molecule has 0 radical (unpaired) electrons. The number of benzene rings is 2. The van der Waals surface area contributed by atoms with Gasteiger partial charge in [-0.05, 0) is 73.7 Å². The van der Waals surface area contributed by atoms with Crippen LogP contribution in [0.4, 0.5) is 10.1 Å². The number of nitrogens with one attached hydrogen (secondary N) is 2. The van der Waals surface area contributed by atoms with Gasteiger partial charge in [0.1, 0.15) is 11.5 Å². The number of halogens is 1. The maximum Gasteiger partial charge on any atom is 0.274 e. The summed E-state index contributed by atoms with van der Waals surface area (Å²) in [4.78, 5) is 31.6. The summed E-state index contributed by atoms with van der Waals surface area (Å²) < 4.78 is 14.0. The van der Waals surface area contributed by atoms with Gasteiger partial charge >= 0.3 is 0 Å². The van der Waals surface area contributed by atoms with Crippen LogP contribution in [0.25, 0.3) is 0 Å². The Kier molecular flexibility index (Phi) is 7.65. The van der Waals surface area contributed by atoms with Crippen LogP contribution in [0.3, 0.4) is 0 Å². The molecule has 176 valence electrons. The Hall–Kier alpha value is -3.58. The second kappa shape index (κ2) is 11.0. The monoisotopic (exact) mass is 460 g/mol. The van der Waals surface area contributed by atoms with Gasteiger partial charge in [-0.25, -0.2) is 4.39 Å². The Morgan fingerprint density at radius 3 is 2.56 bits per heavy atom. The van der Waals surface area contributed by atoms with Crippen LogP contribution in [0, 0.1) is 5.82 Å². The van der Waals surface area contributed by atoms with Crippen molar-refractivity contribution in [2.24, 2.45) is 0 Å². The number of carbonyl (C=O) groups excluding carboxylic acids is 2. The van der Waals surface area contributed by atoms with Crippen molar-refractivity contribution in [1.29, 1.82) is 0 Å². The lowest BCUT2D eigenvalue weighted by atomic mass is 10.0. The average molecular weight is 461 g/mol. The summed E-state index contributed by atoms with van der Waals surface area (Å²) in [7, 11) is 0. The minimum atomic E-state index is -0.335. The molecule has 0 spiro atoms. The van der Waals surface area contributed by atoms with Crippen LogP contribution in [-0.2, 0) is 13.0 Å². The SMILES string of the molecule is CC(Cc1ccccc1F)NCc1cc(NC(=O)c2ccccn2)cc(C(=O)N2CCCC2)c1. The number of hydrogen-bond donors (Lipinski definition) is 2. The zero-order valence-electron chi connectivity index (χ0n) is 19.3. The number of carbonyl (C=O) groups is 2. The molecule has 0 aliphatic carbocycles. The average Bonchev–Trinajstić information content (AvgIpc) is 3.39. The summed E-state index contributed by atoms with van der Waals surface area (Å²) in [5, 5.41) is 6.28. The number of rotatable bonds is 8. The molecule has 4 rings (SSSR count). The van der Waals surface area contributed by atoms with Gasteiger partial charge in [0.2, 0.25) is 0 Å². The highest BCUT2D eigenvalue weighted by Gasteiger charge is 2.21. The second-order valence-corrected chi connectivity index (χ2v) is 8.66. The first-order valence-electron chi connectivity index (χ1n) is 11.6. The molecule has 1 saturated heterocycles. The largest absolute Gasteiger partial charge is 0.339 e. The topological polar surface area (TPSA) is 74.3 Å². The molecule has 0 bridgehead atoms. The van der Waals surface area contributed by atoms with Crippen LogP contribution in [-0.4, -0.2) is 40.8 Å². The van der Waals surface area contributed by atoms with Crippen LogP contribution in [0.15, 0.2) is 66.9 Å². The Morgan fingerprint density at radius 1 is 1.06 bits per heavy atom. The molecule has 0 saturated carbocycles. The standard InChI is InChI=1S/C27H29FN4O2/c1-19(14-21-8-2-3-9-24(21)28)30-18-20-15-22(27(34)32-12-6-7-13-32)17-23(16-20)31-26(33)25-10-4-5-11-29-25/h2-5,8-11,15-17,19,30H,6-7,12-14,18H2,1H3,(H,31,33). The van der Waals surface area contributed by atoms with Crippen LogP contribution in [0.5, 0.6) is 0 Å². The molecule has 34 heavy (non-hydrogen) atoms. The first-order chi connectivity index (χ1) is 16.5. The van der Waals surface area contributed by atoms with Gasteiger partial charge in [-0.3, -0.25) is 14.6 Å². The Labute approximate surface area is 199 Å². The first-order valence-corrected chi connectivity index (χ1v) is 11.6. The van der Waals surface area contributed by atoms with Crippen LogP contribution < -0.4 is 10.6 Å². The highest BCUT2D eigenvalue weighted by atomic mass is 19.1. The van der Waals surface area contributed by atoms with Crippen molar-refractivity contribution in [3.8, 4) is 0 Å². The van der Waals surface area contributed by atoms with Crippen molar-refractivity contribution in [3.63, 3.8) is 0 Å². The predicted octanol–water partition coefficient (Wildman–Crippen LogP) is 4.43. The van der Waals surface area contributed by atoms with Gasteiger partial charge in [-0.15, -0.1) is 0 Å². The molecule has 3 aromatic rings. The Morgan fingerprint density at radius 2 is 1.82 bits per heavy atom. The third kappa shape index (κ3) is 6.05. The highest BCUT2D eigenvalue weighted by molar-refractivity contribution is 6.04. The van der Waals surface area contributed by atoms with Crippen LogP contribution in [0.1, 0.15) is 51.7 Å². The third-order valence-electron chi connectivity index (χ3n) is 5.93. The molecule has 2 heterocycles. The number of likely N-dealkylation sites (tertiary alicyclic amines) is 1. The highest BCUT2D eigenvalue weighted by Crippen LogP contribution is 2.20. The van der Waals surface area contributed by atoms with E-state index in [0.29, 0.717) is 35.5 Å². The smallest absolute Gasteiger partial charge is 0.274 e. The molecular formula is C27H29FN4O2. The maximum atomic E-state index is 14.0. The number of hydrogen-bond acceptors (Lipinski definition) is 4. The molecule has 6 nitrogen and oxygen atoms in total. The van der Waals surface area contributed by atoms with E-state index in [2.05, 4.69) is 15.6 Å². The van der Waals surface area contributed by atoms with E-state index in [1.54, 1.807) is 42.6 Å². The van der Waals surface area contributed by atoms with Crippen molar-refractivity contribution in [3.05, 3.63) is 95.1 Å². The number of aromatic nitrogens is 1. The van der Waals surface area contributed by atoms with E-state index in [1.807, 2.05) is 30.0 Å². The van der Waals surface area contributed by atoms with Crippen molar-refractivity contribution >= 4 is 17.5 Å². The zero-order chi connectivity index (χ0) is 23.9. The zero-order valence-corrected chi connectivity index (χ0v) is 19.3. The molecule has 1 aliphatic heterocycles. The summed E-state index contributed by atoms with van der Waals surface area (Å²) in [5.41, 5.74) is 2.90. The van der Waals surface area contributed by atoms with Crippen LogP contribution >= 0.6 is 0 Å². The van der Waals surface area contributed by atoms with E-state index in [9.17, 15) is 14.0 Å². The molecule has 1 aromatic heterocycles. The first kappa shape index (κ1) is 23.6. The van der Waals surface area contributed by atoms with Gasteiger partial charge in [-0.1, -0.05) is 24.3 Å². The number of anilines is 1. The summed E-state index contributed by atoms with van der Waals surface area (Å²) in [6.07, 6.45) is 4.12. The molecule has 1 unspecified atom stereocenters.